The first-order valence-electron chi connectivity index (χ1n) is 6.77. The summed E-state index contributed by atoms with van der Waals surface area (Å²) in [6, 6.07) is 2.06. The molecule has 2 heterocycles. The molecule has 1 unspecified atom stereocenters. The van der Waals surface area contributed by atoms with Crippen molar-refractivity contribution >= 4 is 17.6 Å². The Morgan fingerprint density at radius 2 is 1.95 bits per heavy atom. The molecular formula is C12H23N7. The van der Waals surface area contributed by atoms with Crippen LogP contribution in [-0.2, 0) is 0 Å². The number of nitrogen functional groups attached to an aromatic ring is 2. The first-order valence-corrected chi connectivity index (χ1v) is 6.77. The molecule has 1 aliphatic rings. The van der Waals surface area contributed by atoms with Crippen molar-refractivity contribution in [2.45, 2.75) is 32.2 Å². The van der Waals surface area contributed by atoms with E-state index in [2.05, 4.69) is 32.5 Å². The van der Waals surface area contributed by atoms with Crippen molar-refractivity contribution in [1.82, 2.24) is 14.9 Å². The van der Waals surface area contributed by atoms with Gasteiger partial charge in [-0.25, -0.2) is 5.84 Å². The highest BCUT2D eigenvalue weighted by Crippen LogP contribution is 2.14. The van der Waals surface area contributed by atoms with Crippen LogP contribution in [0.1, 0.15) is 26.2 Å². The standard InChI is InChI=1S/C12H23N7/c1-9(8-19-5-3-2-4-6-19)15-10-7-11(18-14)17-12(13)16-10/h7,9H,2-6,8,14H2,1H3,(H4,13,15,16,17,18). The Morgan fingerprint density at radius 3 is 2.63 bits per heavy atom. The fraction of sp³-hybridized carbons (Fsp3) is 0.667. The highest BCUT2D eigenvalue weighted by atomic mass is 15.3. The summed E-state index contributed by atoms with van der Waals surface area (Å²) in [6.07, 6.45) is 3.95. The predicted molar refractivity (Wildman–Crippen MR) is 77.6 cm³/mol. The third-order valence-corrected chi connectivity index (χ3v) is 3.27. The van der Waals surface area contributed by atoms with E-state index in [9.17, 15) is 0 Å². The Morgan fingerprint density at radius 1 is 1.26 bits per heavy atom. The van der Waals surface area contributed by atoms with Gasteiger partial charge < -0.3 is 21.4 Å². The summed E-state index contributed by atoms with van der Waals surface area (Å²) in [7, 11) is 0. The second-order valence-corrected chi connectivity index (χ2v) is 5.05. The van der Waals surface area contributed by atoms with Gasteiger partial charge in [-0.15, -0.1) is 0 Å². The zero-order valence-electron chi connectivity index (χ0n) is 11.4. The topological polar surface area (TPSA) is 105 Å². The van der Waals surface area contributed by atoms with Crippen molar-refractivity contribution in [2.24, 2.45) is 5.84 Å². The predicted octanol–water partition coefficient (Wildman–Crippen LogP) is 0.631. The smallest absolute Gasteiger partial charge is 0.223 e. The van der Waals surface area contributed by atoms with E-state index in [1.54, 1.807) is 6.07 Å². The summed E-state index contributed by atoms with van der Waals surface area (Å²) in [5.74, 6) is 6.76. The third-order valence-electron chi connectivity index (χ3n) is 3.27. The molecule has 0 spiro atoms. The van der Waals surface area contributed by atoms with Gasteiger partial charge in [-0.05, 0) is 32.9 Å². The number of aromatic nitrogens is 2. The second-order valence-electron chi connectivity index (χ2n) is 5.05. The average Bonchev–Trinajstić information content (AvgIpc) is 2.38. The summed E-state index contributed by atoms with van der Waals surface area (Å²) < 4.78 is 0. The van der Waals surface area contributed by atoms with Crippen LogP contribution in [-0.4, -0.2) is 40.5 Å². The van der Waals surface area contributed by atoms with Gasteiger partial charge >= 0.3 is 0 Å². The first-order chi connectivity index (χ1) is 9.17. The van der Waals surface area contributed by atoms with E-state index in [-0.39, 0.29) is 5.95 Å². The number of anilines is 3. The van der Waals surface area contributed by atoms with Gasteiger partial charge in [0, 0.05) is 18.7 Å². The molecule has 1 aromatic rings. The number of hydrogen-bond donors (Lipinski definition) is 4. The van der Waals surface area contributed by atoms with Gasteiger partial charge in [0.15, 0.2) is 0 Å². The molecule has 1 atom stereocenters. The molecule has 6 N–H and O–H groups in total. The van der Waals surface area contributed by atoms with Gasteiger partial charge in [-0.2, -0.15) is 9.97 Å². The summed E-state index contributed by atoms with van der Waals surface area (Å²) in [5, 5.41) is 3.34. The van der Waals surface area contributed by atoms with Crippen LogP contribution in [0, 0.1) is 0 Å². The highest BCUT2D eigenvalue weighted by Gasteiger charge is 2.14. The largest absolute Gasteiger partial charge is 0.368 e. The van der Waals surface area contributed by atoms with Crippen molar-refractivity contribution in [3.05, 3.63) is 6.07 Å². The van der Waals surface area contributed by atoms with Gasteiger partial charge in [0.2, 0.25) is 5.95 Å². The molecule has 1 fully saturated rings. The molecule has 0 aromatic carbocycles. The van der Waals surface area contributed by atoms with Crippen LogP contribution in [0.5, 0.6) is 0 Å². The van der Waals surface area contributed by atoms with Gasteiger partial charge in [-0.1, -0.05) is 6.42 Å². The highest BCUT2D eigenvalue weighted by molar-refractivity contribution is 5.50. The molecular weight excluding hydrogens is 242 g/mol. The lowest BCUT2D eigenvalue weighted by molar-refractivity contribution is 0.223. The molecule has 19 heavy (non-hydrogen) atoms. The maximum absolute atomic E-state index is 5.63. The van der Waals surface area contributed by atoms with Crippen molar-refractivity contribution < 1.29 is 0 Å². The summed E-state index contributed by atoms with van der Waals surface area (Å²) >= 11 is 0. The number of nitrogens with two attached hydrogens (primary N) is 2. The summed E-state index contributed by atoms with van der Waals surface area (Å²) in [6.45, 7) is 5.53. The maximum atomic E-state index is 5.63. The van der Waals surface area contributed by atoms with Crippen LogP contribution in [0.25, 0.3) is 0 Å². The van der Waals surface area contributed by atoms with Crippen LogP contribution >= 0.6 is 0 Å². The number of nitrogens with zero attached hydrogens (tertiary/aromatic N) is 3. The molecule has 106 valence electrons. The molecule has 2 rings (SSSR count). The molecule has 7 heteroatoms. The monoisotopic (exact) mass is 265 g/mol. The van der Waals surface area contributed by atoms with E-state index in [0.29, 0.717) is 17.7 Å². The Labute approximate surface area is 113 Å². The number of piperidine rings is 1. The fourth-order valence-corrected chi connectivity index (χ4v) is 2.44. The van der Waals surface area contributed by atoms with Crippen LogP contribution in [0.2, 0.25) is 0 Å². The molecule has 1 saturated heterocycles. The van der Waals surface area contributed by atoms with Gasteiger partial charge in [0.25, 0.3) is 0 Å². The number of nitrogens with one attached hydrogen (secondary N) is 2. The SMILES string of the molecule is CC(CN1CCCCC1)Nc1cc(NN)nc(N)n1. The molecule has 0 saturated carbocycles. The molecule has 1 aromatic heterocycles. The lowest BCUT2D eigenvalue weighted by atomic mass is 10.1. The molecule has 1 aliphatic heterocycles. The van der Waals surface area contributed by atoms with E-state index >= 15 is 0 Å². The molecule has 0 amide bonds. The fourth-order valence-electron chi connectivity index (χ4n) is 2.44. The van der Waals surface area contributed by atoms with Crippen LogP contribution in [0.3, 0.4) is 0 Å². The third kappa shape index (κ3) is 4.22. The maximum Gasteiger partial charge on any atom is 0.223 e. The number of hydrazine groups is 1. The molecule has 0 bridgehead atoms. The van der Waals surface area contributed by atoms with Crippen molar-refractivity contribution in [3.63, 3.8) is 0 Å². The Balaban J connectivity index is 1.90. The normalized spacial score (nSPS) is 18.0. The Hall–Kier alpha value is -1.60. The van der Waals surface area contributed by atoms with E-state index < -0.39 is 0 Å². The molecule has 0 aliphatic carbocycles. The van der Waals surface area contributed by atoms with Crippen LogP contribution in [0.15, 0.2) is 6.07 Å². The minimum atomic E-state index is 0.211. The quantitative estimate of drug-likeness (QED) is 0.457. The number of rotatable bonds is 5. The van der Waals surface area contributed by atoms with E-state index in [4.69, 9.17) is 11.6 Å². The van der Waals surface area contributed by atoms with Crippen LogP contribution in [0.4, 0.5) is 17.6 Å². The van der Waals surface area contributed by atoms with E-state index in [1.165, 1.54) is 32.4 Å². The molecule has 7 nitrogen and oxygen atoms in total. The average molecular weight is 265 g/mol. The first kappa shape index (κ1) is 13.8. The minimum absolute atomic E-state index is 0.211. The van der Waals surface area contributed by atoms with E-state index in [0.717, 1.165) is 6.54 Å². The van der Waals surface area contributed by atoms with Gasteiger partial charge in [0.05, 0.1) is 0 Å². The minimum Gasteiger partial charge on any atom is -0.368 e. The lowest BCUT2D eigenvalue weighted by Gasteiger charge is -2.29. The van der Waals surface area contributed by atoms with Crippen LogP contribution < -0.4 is 22.3 Å². The lowest BCUT2D eigenvalue weighted by Crippen LogP contribution is -2.38. The summed E-state index contributed by atoms with van der Waals surface area (Å²) in [5.41, 5.74) is 8.11. The zero-order chi connectivity index (χ0) is 13.7. The zero-order valence-corrected chi connectivity index (χ0v) is 11.4. The van der Waals surface area contributed by atoms with Crippen molar-refractivity contribution in [2.75, 3.05) is 36.1 Å². The van der Waals surface area contributed by atoms with Crippen molar-refractivity contribution in [3.8, 4) is 0 Å². The number of likely N-dealkylation sites (tertiary alicyclic amines) is 1. The van der Waals surface area contributed by atoms with E-state index in [1.807, 2.05) is 0 Å². The second kappa shape index (κ2) is 6.53. The Kier molecular flexibility index (Phi) is 4.75. The summed E-state index contributed by atoms with van der Waals surface area (Å²) in [4.78, 5) is 10.6. The number of hydrogen-bond acceptors (Lipinski definition) is 7. The van der Waals surface area contributed by atoms with Crippen molar-refractivity contribution in [1.29, 1.82) is 0 Å². The van der Waals surface area contributed by atoms with Gasteiger partial charge in [-0.3, -0.25) is 0 Å². The Bertz CT molecular complexity index is 403. The molecule has 0 radical (unpaired) electrons. The van der Waals surface area contributed by atoms with Gasteiger partial charge in [0.1, 0.15) is 11.6 Å².